The van der Waals surface area contributed by atoms with Crippen molar-refractivity contribution in [2.24, 2.45) is 0 Å². The summed E-state index contributed by atoms with van der Waals surface area (Å²) in [6.07, 6.45) is 1.60. The number of carbonyl (C=O) groups excluding carboxylic acids is 1. The van der Waals surface area contributed by atoms with E-state index in [-0.39, 0.29) is 5.78 Å². The van der Waals surface area contributed by atoms with Gasteiger partial charge in [0.1, 0.15) is 15.4 Å². The monoisotopic (exact) mass is 283 g/mol. The van der Waals surface area contributed by atoms with Gasteiger partial charge in [-0.25, -0.2) is 4.98 Å². The maximum Gasteiger partial charge on any atom is 0.223 e. The van der Waals surface area contributed by atoms with Crippen LogP contribution in [-0.2, 0) is 0 Å². The standard InChI is InChI=1S/C15H13N3OS/c1-8-7-10-12(16)14(20-15(10)18-9(8)2)13(19)11-5-3-4-6-17-11/h3-7H,16H2,1-2H3. The van der Waals surface area contributed by atoms with Crippen LogP contribution < -0.4 is 5.73 Å². The molecule has 3 rings (SSSR count). The number of nitrogens with zero attached hydrogens (tertiary/aromatic N) is 2. The largest absolute Gasteiger partial charge is 0.397 e. The van der Waals surface area contributed by atoms with Gasteiger partial charge in [-0.1, -0.05) is 6.07 Å². The Kier molecular flexibility index (Phi) is 2.99. The Hall–Kier alpha value is -2.27. The van der Waals surface area contributed by atoms with Crippen LogP contribution in [0.5, 0.6) is 0 Å². The number of nitrogens with two attached hydrogens (primary N) is 1. The number of thiophene rings is 1. The number of aryl methyl sites for hydroxylation is 2. The predicted molar refractivity (Wildman–Crippen MR) is 81.2 cm³/mol. The molecule has 0 unspecified atom stereocenters. The first kappa shape index (κ1) is 12.7. The van der Waals surface area contributed by atoms with Crippen LogP contribution in [0, 0.1) is 13.8 Å². The van der Waals surface area contributed by atoms with Crippen molar-refractivity contribution in [2.45, 2.75) is 13.8 Å². The smallest absolute Gasteiger partial charge is 0.223 e. The number of ketones is 1. The number of rotatable bonds is 2. The molecular formula is C15H13N3OS. The summed E-state index contributed by atoms with van der Waals surface area (Å²) in [7, 11) is 0. The van der Waals surface area contributed by atoms with Gasteiger partial charge in [-0.15, -0.1) is 11.3 Å². The molecule has 3 heterocycles. The van der Waals surface area contributed by atoms with Gasteiger partial charge < -0.3 is 5.73 Å². The minimum Gasteiger partial charge on any atom is -0.397 e. The van der Waals surface area contributed by atoms with E-state index in [4.69, 9.17) is 5.73 Å². The summed E-state index contributed by atoms with van der Waals surface area (Å²) in [6, 6.07) is 7.24. The Balaban J connectivity index is 2.18. The van der Waals surface area contributed by atoms with Crippen molar-refractivity contribution in [1.82, 2.24) is 9.97 Å². The van der Waals surface area contributed by atoms with E-state index in [1.165, 1.54) is 11.3 Å². The van der Waals surface area contributed by atoms with Crippen LogP contribution in [0.15, 0.2) is 30.5 Å². The first-order valence-electron chi connectivity index (χ1n) is 6.20. The van der Waals surface area contributed by atoms with Crippen molar-refractivity contribution in [3.05, 3.63) is 52.3 Å². The molecule has 0 saturated carbocycles. The van der Waals surface area contributed by atoms with E-state index in [0.29, 0.717) is 16.3 Å². The number of pyridine rings is 2. The lowest BCUT2D eigenvalue weighted by Crippen LogP contribution is -2.03. The Labute approximate surface area is 120 Å². The van der Waals surface area contributed by atoms with Gasteiger partial charge in [-0.3, -0.25) is 9.78 Å². The van der Waals surface area contributed by atoms with E-state index in [0.717, 1.165) is 21.5 Å². The third kappa shape index (κ3) is 1.96. The number of anilines is 1. The molecule has 0 bridgehead atoms. The zero-order valence-corrected chi connectivity index (χ0v) is 12.0. The first-order valence-corrected chi connectivity index (χ1v) is 7.01. The highest BCUT2D eigenvalue weighted by atomic mass is 32.1. The molecular weight excluding hydrogens is 270 g/mol. The maximum absolute atomic E-state index is 12.4. The third-order valence-electron chi connectivity index (χ3n) is 3.27. The summed E-state index contributed by atoms with van der Waals surface area (Å²) in [5.41, 5.74) is 9.04. The summed E-state index contributed by atoms with van der Waals surface area (Å²) in [5, 5.41) is 0.845. The van der Waals surface area contributed by atoms with E-state index in [1.54, 1.807) is 24.4 Å². The molecule has 5 heteroatoms. The molecule has 0 aliphatic heterocycles. The molecule has 0 radical (unpaired) electrons. The summed E-state index contributed by atoms with van der Waals surface area (Å²) in [5.74, 6) is -0.151. The van der Waals surface area contributed by atoms with Gasteiger partial charge in [-0.05, 0) is 37.6 Å². The van der Waals surface area contributed by atoms with Crippen molar-refractivity contribution in [3.8, 4) is 0 Å². The highest BCUT2D eigenvalue weighted by molar-refractivity contribution is 7.21. The minimum atomic E-state index is -0.151. The van der Waals surface area contributed by atoms with E-state index in [9.17, 15) is 4.79 Å². The Bertz CT molecular complexity index is 809. The van der Waals surface area contributed by atoms with Gasteiger partial charge >= 0.3 is 0 Å². The second-order valence-corrected chi connectivity index (χ2v) is 5.63. The Morgan fingerprint density at radius 1 is 1.30 bits per heavy atom. The number of hydrogen-bond acceptors (Lipinski definition) is 5. The number of fused-ring (bicyclic) bond motifs is 1. The number of hydrogen-bond donors (Lipinski definition) is 1. The molecule has 4 nitrogen and oxygen atoms in total. The van der Waals surface area contributed by atoms with Crippen LogP contribution in [0.3, 0.4) is 0 Å². The molecule has 2 N–H and O–H groups in total. The molecule has 3 aromatic heterocycles. The van der Waals surface area contributed by atoms with Crippen LogP contribution in [0.2, 0.25) is 0 Å². The molecule has 3 aromatic rings. The van der Waals surface area contributed by atoms with Crippen molar-refractivity contribution >= 4 is 33.0 Å². The number of nitrogen functional groups attached to an aromatic ring is 1. The molecule has 0 aliphatic carbocycles. The zero-order chi connectivity index (χ0) is 14.3. The van der Waals surface area contributed by atoms with Crippen LogP contribution in [0.4, 0.5) is 5.69 Å². The summed E-state index contributed by atoms with van der Waals surface area (Å²) >= 11 is 1.32. The molecule has 0 amide bonds. The zero-order valence-electron chi connectivity index (χ0n) is 11.2. The van der Waals surface area contributed by atoms with Crippen LogP contribution in [0.1, 0.15) is 26.6 Å². The van der Waals surface area contributed by atoms with Gasteiger partial charge in [0.05, 0.1) is 5.69 Å². The van der Waals surface area contributed by atoms with Gasteiger partial charge in [0.2, 0.25) is 5.78 Å². The second kappa shape index (κ2) is 4.68. The molecule has 0 aliphatic rings. The lowest BCUT2D eigenvalue weighted by atomic mass is 10.1. The molecule has 20 heavy (non-hydrogen) atoms. The van der Waals surface area contributed by atoms with Gasteiger partial charge in [0, 0.05) is 17.3 Å². The molecule has 0 aromatic carbocycles. The van der Waals surface area contributed by atoms with Gasteiger partial charge in [0.15, 0.2) is 0 Å². The maximum atomic E-state index is 12.4. The van der Waals surface area contributed by atoms with E-state index >= 15 is 0 Å². The highest BCUT2D eigenvalue weighted by Crippen LogP contribution is 2.34. The van der Waals surface area contributed by atoms with Crippen LogP contribution in [-0.4, -0.2) is 15.8 Å². The van der Waals surface area contributed by atoms with Gasteiger partial charge in [-0.2, -0.15) is 0 Å². The van der Waals surface area contributed by atoms with Crippen molar-refractivity contribution in [2.75, 3.05) is 5.73 Å². The SMILES string of the molecule is Cc1cc2c(N)c(C(=O)c3ccccn3)sc2nc1C. The van der Waals surface area contributed by atoms with Crippen LogP contribution >= 0.6 is 11.3 Å². The number of carbonyl (C=O) groups is 1. The topological polar surface area (TPSA) is 68.9 Å². The van der Waals surface area contributed by atoms with Crippen molar-refractivity contribution in [1.29, 1.82) is 0 Å². The van der Waals surface area contributed by atoms with E-state index in [1.807, 2.05) is 19.9 Å². The fourth-order valence-corrected chi connectivity index (χ4v) is 3.08. The fourth-order valence-electron chi connectivity index (χ4n) is 2.01. The number of aromatic nitrogens is 2. The van der Waals surface area contributed by atoms with Gasteiger partial charge in [0.25, 0.3) is 0 Å². The van der Waals surface area contributed by atoms with Crippen LogP contribution in [0.25, 0.3) is 10.2 Å². The lowest BCUT2D eigenvalue weighted by Gasteiger charge is -1.99. The Morgan fingerprint density at radius 3 is 2.80 bits per heavy atom. The third-order valence-corrected chi connectivity index (χ3v) is 4.38. The second-order valence-electron chi connectivity index (χ2n) is 4.63. The van der Waals surface area contributed by atoms with Crippen molar-refractivity contribution < 1.29 is 4.79 Å². The molecule has 0 fully saturated rings. The quantitative estimate of drug-likeness (QED) is 0.734. The van der Waals surface area contributed by atoms with E-state index in [2.05, 4.69) is 9.97 Å². The predicted octanol–water partition coefficient (Wildman–Crippen LogP) is 3.12. The molecule has 0 atom stereocenters. The Morgan fingerprint density at radius 2 is 2.10 bits per heavy atom. The minimum absolute atomic E-state index is 0.151. The normalized spacial score (nSPS) is 10.9. The molecule has 0 spiro atoms. The molecule has 0 saturated heterocycles. The summed E-state index contributed by atoms with van der Waals surface area (Å²) < 4.78 is 0. The first-order chi connectivity index (χ1) is 9.58. The fraction of sp³-hybridized carbons (Fsp3) is 0.133. The van der Waals surface area contributed by atoms with Crippen molar-refractivity contribution in [3.63, 3.8) is 0 Å². The lowest BCUT2D eigenvalue weighted by molar-refractivity contribution is 0.103. The summed E-state index contributed by atoms with van der Waals surface area (Å²) in [6.45, 7) is 3.93. The average molecular weight is 283 g/mol. The highest BCUT2D eigenvalue weighted by Gasteiger charge is 2.19. The molecule has 100 valence electrons. The average Bonchev–Trinajstić information content (AvgIpc) is 2.77. The van der Waals surface area contributed by atoms with E-state index < -0.39 is 0 Å². The summed E-state index contributed by atoms with van der Waals surface area (Å²) in [4.78, 5) is 22.3.